The van der Waals surface area contributed by atoms with Crippen LogP contribution in [0, 0.1) is 5.21 Å². The van der Waals surface area contributed by atoms with Gasteiger partial charge in [-0.15, -0.1) is 16.4 Å². The van der Waals surface area contributed by atoms with Crippen LogP contribution in [0.4, 0.5) is 5.69 Å². The van der Waals surface area contributed by atoms with E-state index < -0.39 is 11.2 Å². The van der Waals surface area contributed by atoms with Crippen LogP contribution in [0.2, 0.25) is 0 Å². The summed E-state index contributed by atoms with van der Waals surface area (Å²) >= 11 is 1.48. The highest BCUT2D eigenvalue weighted by molar-refractivity contribution is 7.12. The Hall–Kier alpha value is -2.22. The van der Waals surface area contributed by atoms with Crippen LogP contribution in [0.1, 0.15) is 32.6 Å². The number of rotatable bonds is 4. The van der Waals surface area contributed by atoms with Gasteiger partial charge in [0.25, 0.3) is 5.66 Å². The Balaban J connectivity index is 2.01. The van der Waals surface area contributed by atoms with Crippen molar-refractivity contribution < 1.29 is 9.95 Å². The molecule has 25 heavy (non-hydrogen) atoms. The zero-order valence-corrected chi connectivity index (χ0v) is 15.5. The van der Waals surface area contributed by atoms with Crippen molar-refractivity contribution in [1.29, 1.82) is 0 Å². The lowest BCUT2D eigenvalue weighted by atomic mass is 9.97. The molecule has 6 nitrogen and oxygen atoms in total. The average molecular weight is 358 g/mol. The van der Waals surface area contributed by atoms with E-state index in [2.05, 4.69) is 10.5 Å². The maximum Gasteiger partial charge on any atom is 0.289 e. The van der Waals surface area contributed by atoms with E-state index in [1.807, 2.05) is 61.7 Å². The fourth-order valence-electron chi connectivity index (χ4n) is 3.08. The van der Waals surface area contributed by atoms with Gasteiger partial charge in [0.1, 0.15) is 11.3 Å². The van der Waals surface area contributed by atoms with Crippen molar-refractivity contribution in [3.63, 3.8) is 0 Å². The van der Waals surface area contributed by atoms with E-state index in [4.69, 9.17) is 0 Å². The predicted octanol–water partition coefficient (Wildman–Crippen LogP) is 3.74. The Bertz CT molecular complexity index is 815. The molecular weight excluding hydrogens is 336 g/mol. The molecule has 1 atom stereocenters. The summed E-state index contributed by atoms with van der Waals surface area (Å²) in [5, 5.41) is 31.4. The zero-order valence-electron chi connectivity index (χ0n) is 14.7. The van der Waals surface area contributed by atoms with Gasteiger partial charge in [-0.25, -0.2) is 0 Å². The first-order chi connectivity index (χ1) is 11.8. The van der Waals surface area contributed by atoms with Crippen LogP contribution in [0.25, 0.3) is 0 Å². The standard InChI is InChI=1S/C18H22N4O2S/c1-13(19-20-14-9-6-5-7-10-14)18(4)21(23)16(15-11-8-12-25-15)17(2,3)22(18)24/h5-12,20,24H,1-4H3. The van der Waals surface area contributed by atoms with Gasteiger partial charge in [-0.1, -0.05) is 24.3 Å². The minimum atomic E-state index is -1.30. The van der Waals surface area contributed by atoms with E-state index >= 15 is 0 Å². The summed E-state index contributed by atoms with van der Waals surface area (Å²) in [5.41, 5.74) is 2.61. The lowest BCUT2D eigenvalue weighted by Crippen LogP contribution is -2.57. The maximum atomic E-state index is 13.2. The normalized spacial score (nSPS) is 24.0. The molecule has 0 radical (unpaired) electrons. The molecule has 0 spiro atoms. The molecule has 1 aromatic heterocycles. The van der Waals surface area contributed by atoms with Crippen molar-refractivity contribution in [3.8, 4) is 0 Å². The van der Waals surface area contributed by atoms with E-state index in [1.165, 1.54) is 11.3 Å². The molecular formula is C18H22N4O2S. The average Bonchev–Trinajstić information content (AvgIpc) is 3.16. The number of benzene rings is 1. The smallest absolute Gasteiger partial charge is 0.289 e. The molecule has 1 aromatic carbocycles. The summed E-state index contributed by atoms with van der Waals surface area (Å²) < 4.78 is 0.865. The third kappa shape index (κ3) is 2.74. The first-order valence-corrected chi connectivity index (χ1v) is 8.91. The van der Waals surface area contributed by atoms with Crippen LogP contribution in [0.5, 0.6) is 0 Å². The van der Waals surface area contributed by atoms with Gasteiger partial charge < -0.3 is 10.4 Å². The monoisotopic (exact) mass is 358 g/mol. The van der Waals surface area contributed by atoms with Gasteiger partial charge >= 0.3 is 0 Å². The van der Waals surface area contributed by atoms with Gasteiger partial charge in [-0.2, -0.15) is 9.84 Å². The second kappa shape index (κ2) is 6.25. The number of nitrogens with zero attached hydrogens (tertiary/aromatic N) is 3. The number of para-hydroxylation sites is 1. The number of hydrogen-bond donors (Lipinski definition) is 2. The van der Waals surface area contributed by atoms with Crippen molar-refractivity contribution in [1.82, 2.24) is 5.06 Å². The molecule has 0 saturated heterocycles. The van der Waals surface area contributed by atoms with Crippen LogP contribution in [0.3, 0.4) is 0 Å². The van der Waals surface area contributed by atoms with Crippen molar-refractivity contribution in [3.05, 3.63) is 57.9 Å². The van der Waals surface area contributed by atoms with Gasteiger partial charge in [0.15, 0.2) is 0 Å². The first-order valence-electron chi connectivity index (χ1n) is 8.03. The van der Waals surface area contributed by atoms with Crippen LogP contribution in [-0.4, -0.2) is 37.6 Å². The van der Waals surface area contributed by atoms with Gasteiger partial charge in [0.2, 0.25) is 5.71 Å². The summed E-state index contributed by atoms with van der Waals surface area (Å²) in [5.74, 6) is 0. The molecule has 0 bridgehead atoms. The molecule has 3 rings (SSSR count). The molecule has 0 aliphatic carbocycles. The largest absolute Gasteiger partial charge is 0.622 e. The van der Waals surface area contributed by atoms with Gasteiger partial charge in [0, 0.05) is 6.92 Å². The quantitative estimate of drug-likeness (QED) is 0.378. The number of hydrogen-bond acceptors (Lipinski definition) is 6. The Morgan fingerprint density at radius 1 is 1.20 bits per heavy atom. The molecule has 132 valence electrons. The Labute approximate surface area is 151 Å². The van der Waals surface area contributed by atoms with Gasteiger partial charge in [-0.05, 0) is 44.4 Å². The lowest BCUT2D eigenvalue weighted by Gasteiger charge is -2.32. The minimum absolute atomic E-state index is 0.466. The second-order valence-corrected chi connectivity index (χ2v) is 7.63. The topological polar surface area (TPSA) is 73.9 Å². The number of hydrazone groups is 1. The summed E-state index contributed by atoms with van der Waals surface area (Å²) in [7, 11) is 0. The van der Waals surface area contributed by atoms with Crippen molar-refractivity contribution >= 4 is 28.4 Å². The van der Waals surface area contributed by atoms with Crippen LogP contribution < -0.4 is 5.43 Å². The molecule has 0 amide bonds. The zero-order chi connectivity index (χ0) is 18.2. The minimum Gasteiger partial charge on any atom is -0.622 e. The number of hydroxylamine groups is 3. The molecule has 0 saturated carbocycles. The predicted molar refractivity (Wildman–Crippen MR) is 101 cm³/mol. The number of anilines is 1. The molecule has 2 heterocycles. The lowest BCUT2D eigenvalue weighted by molar-refractivity contribution is -0.560. The highest BCUT2D eigenvalue weighted by atomic mass is 32.1. The summed E-state index contributed by atoms with van der Waals surface area (Å²) in [4.78, 5) is 0.839. The SMILES string of the molecule is CC(=NNc1ccccc1)C1(C)N(O)C(C)(C)C(c2cccs2)=[N+]1[O-]. The fraction of sp³-hybridized carbons (Fsp3) is 0.333. The molecule has 7 heteroatoms. The molecule has 1 unspecified atom stereocenters. The molecule has 2 aromatic rings. The van der Waals surface area contributed by atoms with Crippen molar-refractivity contribution in [2.24, 2.45) is 5.10 Å². The summed E-state index contributed by atoms with van der Waals surface area (Å²) in [6, 6.07) is 13.3. The van der Waals surface area contributed by atoms with Crippen LogP contribution >= 0.6 is 11.3 Å². The molecule has 0 fully saturated rings. The molecule has 2 N–H and O–H groups in total. The first kappa shape index (κ1) is 17.6. The van der Waals surface area contributed by atoms with E-state index in [0.29, 0.717) is 11.4 Å². The maximum absolute atomic E-state index is 13.2. The third-order valence-electron chi connectivity index (χ3n) is 4.69. The Morgan fingerprint density at radius 3 is 2.48 bits per heavy atom. The summed E-state index contributed by atoms with van der Waals surface area (Å²) in [6.45, 7) is 7.07. The van der Waals surface area contributed by atoms with Crippen molar-refractivity contribution in [2.75, 3.05) is 5.43 Å². The third-order valence-corrected chi connectivity index (χ3v) is 5.56. The van der Waals surface area contributed by atoms with Gasteiger partial charge in [-0.3, -0.25) is 5.43 Å². The van der Waals surface area contributed by atoms with Crippen LogP contribution in [-0.2, 0) is 0 Å². The Morgan fingerprint density at radius 2 is 1.88 bits per heavy atom. The van der Waals surface area contributed by atoms with E-state index in [0.717, 1.165) is 20.4 Å². The highest BCUT2D eigenvalue weighted by Crippen LogP contribution is 2.37. The Kier molecular flexibility index (Phi) is 4.40. The molecule has 1 aliphatic rings. The number of thiophene rings is 1. The number of nitrogens with one attached hydrogen (secondary N) is 1. The van der Waals surface area contributed by atoms with E-state index in [-0.39, 0.29) is 0 Å². The van der Waals surface area contributed by atoms with E-state index in [1.54, 1.807) is 13.8 Å². The van der Waals surface area contributed by atoms with Crippen molar-refractivity contribution in [2.45, 2.75) is 38.9 Å². The fourth-order valence-corrected chi connectivity index (χ4v) is 3.98. The highest BCUT2D eigenvalue weighted by Gasteiger charge is 2.61. The van der Waals surface area contributed by atoms with Gasteiger partial charge in [0.05, 0.1) is 10.6 Å². The summed E-state index contributed by atoms with van der Waals surface area (Å²) in [6.07, 6.45) is 0. The van der Waals surface area contributed by atoms with E-state index in [9.17, 15) is 10.4 Å². The van der Waals surface area contributed by atoms with Crippen LogP contribution in [0.15, 0.2) is 52.9 Å². The molecule has 1 aliphatic heterocycles. The second-order valence-electron chi connectivity index (χ2n) is 6.69.